The minimum absolute atomic E-state index is 0.102. The number of para-hydroxylation sites is 1. The largest absolute Gasteiger partial charge is 0.351 e. The number of sulfonamides is 1. The molecular weight excluding hydrogens is 362 g/mol. The van der Waals surface area contributed by atoms with Crippen molar-refractivity contribution in [3.8, 4) is 0 Å². The Morgan fingerprint density at radius 2 is 1.81 bits per heavy atom. The van der Waals surface area contributed by atoms with Gasteiger partial charge < -0.3 is 5.32 Å². The molecule has 0 bridgehead atoms. The lowest BCUT2D eigenvalue weighted by molar-refractivity contribution is 0.0956. The molecule has 0 unspecified atom stereocenters. The third-order valence-corrected chi connectivity index (χ3v) is 5.83. The standard InChI is InChI=1S/C20H21N3O3S/c1-14-7-8-15(2)19(13-14)27(25,26)23-12-11-22-20(24)17-9-10-21-18-6-4-3-5-16(17)18/h3-10,13,23H,11-12H2,1-2H3,(H,22,24). The molecule has 1 aromatic heterocycles. The van der Waals surface area contributed by atoms with Gasteiger partial charge in [-0.15, -0.1) is 0 Å². The summed E-state index contributed by atoms with van der Waals surface area (Å²) in [7, 11) is -3.62. The molecule has 0 fully saturated rings. The van der Waals surface area contributed by atoms with Gasteiger partial charge in [0.1, 0.15) is 0 Å². The molecule has 0 atom stereocenters. The molecule has 2 N–H and O–H groups in total. The quantitative estimate of drug-likeness (QED) is 0.641. The number of aryl methyl sites for hydroxylation is 2. The van der Waals surface area contributed by atoms with Crippen LogP contribution in [-0.4, -0.2) is 32.4 Å². The van der Waals surface area contributed by atoms with E-state index in [0.717, 1.165) is 16.5 Å². The van der Waals surface area contributed by atoms with Crippen molar-refractivity contribution >= 4 is 26.8 Å². The van der Waals surface area contributed by atoms with E-state index in [2.05, 4.69) is 15.0 Å². The van der Waals surface area contributed by atoms with Crippen LogP contribution in [0.3, 0.4) is 0 Å². The zero-order chi connectivity index (χ0) is 19.4. The van der Waals surface area contributed by atoms with Gasteiger partial charge in [0.25, 0.3) is 5.91 Å². The number of aromatic nitrogens is 1. The van der Waals surface area contributed by atoms with Crippen LogP contribution >= 0.6 is 0 Å². The lowest BCUT2D eigenvalue weighted by Gasteiger charge is -2.11. The Morgan fingerprint density at radius 1 is 1.04 bits per heavy atom. The van der Waals surface area contributed by atoms with E-state index in [1.807, 2.05) is 37.3 Å². The fourth-order valence-electron chi connectivity index (χ4n) is 2.83. The maximum Gasteiger partial charge on any atom is 0.252 e. The van der Waals surface area contributed by atoms with Crippen LogP contribution in [0.5, 0.6) is 0 Å². The summed E-state index contributed by atoms with van der Waals surface area (Å²) in [6, 6.07) is 14.3. The number of hydrogen-bond acceptors (Lipinski definition) is 4. The molecular formula is C20H21N3O3S. The molecule has 0 saturated heterocycles. The smallest absolute Gasteiger partial charge is 0.252 e. The molecule has 0 spiro atoms. The predicted octanol–water partition coefficient (Wildman–Crippen LogP) is 2.56. The summed E-state index contributed by atoms with van der Waals surface area (Å²) in [4.78, 5) is 16.9. The lowest BCUT2D eigenvalue weighted by Crippen LogP contribution is -2.35. The van der Waals surface area contributed by atoms with Crippen molar-refractivity contribution < 1.29 is 13.2 Å². The van der Waals surface area contributed by atoms with Crippen LogP contribution in [0.4, 0.5) is 0 Å². The van der Waals surface area contributed by atoms with Crippen LogP contribution in [0.2, 0.25) is 0 Å². The van der Waals surface area contributed by atoms with Gasteiger partial charge in [-0.1, -0.05) is 30.3 Å². The summed E-state index contributed by atoms with van der Waals surface area (Å²) in [6.45, 7) is 3.88. The van der Waals surface area contributed by atoms with Crippen molar-refractivity contribution in [2.45, 2.75) is 18.7 Å². The Labute approximate surface area is 158 Å². The molecule has 3 rings (SSSR count). The number of fused-ring (bicyclic) bond motifs is 1. The fraction of sp³-hybridized carbons (Fsp3) is 0.200. The number of benzene rings is 2. The number of hydrogen-bond donors (Lipinski definition) is 2. The maximum atomic E-state index is 12.5. The molecule has 0 aliphatic rings. The minimum atomic E-state index is -3.62. The van der Waals surface area contributed by atoms with Crippen LogP contribution in [0, 0.1) is 13.8 Å². The fourth-order valence-corrected chi connectivity index (χ4v) is 4.18. The van der Waals surface area contributed by atoms with E-state index in [1.54, 1.807) is 31.3 Å². The summed E-state index contributed by atoms with van der Waals surface area (Å²) in [5.74, 6) is -0.264. The van der Waals surface area contributed by atoms with Crippen molar-refractivity contribution in [2.75, 3.05) is 13.1 Å². The molecule has 1 amide bonds. The van der Waals surface area contributed by atoms with E-state index in [9.17, 15) is 13.2 Å². The third kappa shape index (κ3) is 4.32. The van der Waals surface area contributed by atoms with Crippen molar-refractivity contribution in [1.29, 1.82) is 0 Å². The second-order valence-electron chi connectivity index (χ2n) is 6.30. The second kappa shape index (κ2) is 7.85. The van der Waals surface area contributed by atoms with Crippen molar-refractivity contribution in [2.24, 2.45) is 0 Å². The Balaban J connectivity index is 1.63. The topological polar surface area (TPSA) is 88.2 Å². The first kappa shape index (κ1) is 19.0. The highest BCUT2D eigenvalue weighted by atomic mass is 32.2. The van der Waals surface area contributed by atoms with Gasteiger partial charge in [0.05, 0.1) is 16.0 Å². The van der Waals surface area contributed by atoms with Gasteiger partial charge in [0.15, 0.2) is 0 Å². The van der Waals surface area contributed by atoms with Crippen LogP contribution < -0.4 is 10.0 Å². The van der Waals surface area contributed by atoms with Crippen molar-refractivity contribution in [3.63, 3.8) is 0 Å². The molecule has 7 heteroatoms. The van der Waals surface area contributed by atoms with E-state index in [0.29, 0.717) is 11.1 Å². The van der Waals surface area contributed by atoms with Crippen LogP contribution in [0.25, 0.3) is 10.9 Å². The Morgan fingerprint density at radius 3 is 2.63 bits per heavy atom. The SMILES string of the molecule is Cc1ccc(C)c(S(=O)(=O)NCCNC(=O)c2ccnc3ccccc23)c1. The number of nitrogens with zero attached hydrogens (tertiary/aromatic N) is 1. The number of carbonyl (C=O) groups excluding carboxylic acids is 1. The summed E-state index contributed by atoms with van der Waals surface area (Å²) >= 11 is 0. The number of carbonyl (C=O) groups is 1. The molecule has 0 radical (unpaired) electrons. The number of nitrogens with one attached hydrogen (secondary N) is 2. The lowest BCUT2D eigenvalue weighted by atomic mass is 10.1. The summed E-state index contributed by atoms with van der Waals surface area (Å²) in [6.07, 6.45) is 1.58. The highest BCUT2D eigenvalue weighted by molar-refractivity contribution is 7.89. The van der Waals surface area contributed by atoms with Gasteiger partial charge >= 0.3 is 0 Å². The molecule has 1 heterocycles. The predicted molar refractivity (Wildman–Crippen MR) is 105 cm³/mol. The molecule has 0 aliphatic heterocycles. The van der Waals surface area contributed by atoms with Crippen LogP contribution in [-0.2, 0) is 10.0 Å². The Bertz CT molecular complexity index is 1090. The van der Waals surface area contributed by atoms with Gasteiger partial charge in [-0.05, 0) is 43.2 Å². The number of rotatable bonds is 6. The second-order valence-corrected chi connectivity index (χ2v) is 8.03. The van der Waals surface area contributed by atoms with Crippen molar-refractivity contribution in [1.82, 2.24) is 15.0 Å². The van der Waals surface area contributed by atoms with Gasteiger partial charge in [-0.3, -0.25) is 9.78 Å². The molecule has 0 aliphatic carbocycles. The average Bonchev–Trinajstić information content (AvgIpc) is 2.66. The van der Waals surface area contributed by atoms with Crippen LogP contribution in [0.1, 0.15) is 21.5 Å². The van der Waals surface area contributed by atoms with Crippen molar-refractivity contribution in [3.05, 3.63) is 71.4 Å². The van der Waals surface area contributed by atoms with Gasteiger partial charge in [-0.2, -0.15) is 0 Å². The van der Waals surface area contributed by atoms with Gasteiger partial charge in [-0.25, -0.2) is 13.1 Å². The zero-order valence-corrected chi connectivity index (χ0v) is 16.0. The summed E-state index contributed by atoms with van der Waals surface area (Å²) in [5.41, 5.74) is 2.80. The molecule has 140 valence electrons. The Hall–Kier alpha value is -2.77. The zero-order valence-electron chi connectivity index (χ0n) is 15.2. The monoisotopic (exact) mass is 383 g/mol. The van der Waals surface area contributed by atoms with E-state index in [1.165, 1.54) is 0 Å². The van der Waals surface area contributed by atoms with Crippen LogP contribution in [0.15, 0.2) is 59.6 Å². The normalized spacial score (nSPS) is 11.5. The number of amides is 1. The first-order chi connectivity index (χ1) is 12.9. The maximum absolute atomic E-state index is 12.5. The molecule has 27 heavy (non-hydrogen) atoms. The summed E-state index contributed by atoms with van der Waals surface area (Å²) < 4.78 is 27.5. The third-order valence-electron chi connectivity index (χ3n) is 4.23. The van der Waals surface area contributed by atoms with E-state index in [-0.39, 0.29) is 23.9 Å². The molecule has 3 aromatic rings. The first-order valence-corrected chi connectivity index (χ1v) is 10.1. The van der Waals surface area contributed by atoms with Gasteiger partial charge in [0.2, 0.25) is 10.0 Å². The molecule has 0 saturated carbocycles. The van der Waals surface area contributed by atoms with Gasteiger partial charge in [0, 0.05) is 24.7 Å². The summed E-state index contributed by atoms with van der Waals surface area (Å²) in [5, 5.41) is 3.51. The Kier molecular flexibility index (Phi) is 5.53. The highest BCUT2D eigenvalue weighted by Gasteiger charge is 2.16. The minimum Gasteiger partial charge on any atom is -0.351 e. The molecule has 6 nitrogen and oxygen atoms in total. The first-order valence-electron chi connectivity index (χ1n) is 8.57. The average molecular weight is 383 g/mol. The molecule has 2 aromatic carbocycles. The van der Waals surface area contributed by atoms with E-state index < -0.39 is 10.0 Å². The van der Waals surface area contributed by atoms with E-state index in [4.69, 9.17) is 0 Å². The number of pyridine rings is 1. The highest BCUT2D eigenvalue weighted by Crippen LogP contribution is 2.17. The van der Waals surface area contributed by atoms with E-state index >= 15 is 0 Å².